The molecule has 6 nitrogen and oxygen atoms in total. The van der Waals surface area contributed by atoms with Gasteiger partial charge in [-0.3, -0.25) is 4.79 Å². The molecule has 118 valence electrons. The molecule has 0 aromatic heterocycles. The first-order valence-corrected chi connectivity index (χ1v) is 7.00. The zero-order chi connectivity index (χ0) is 16.0. The van der Waals surface area contributed by atoms with E-state index in [1.165, 1.54) is 12.1 Å². The molecule has 21 heavy (non-hydrogen) atoms. The molecule has 1 amide bonds. The zero-order valence-corrected chi connectivity index (χ0v) is 12.5. The summed E-state index contributed by atoms with van der Waals surface area (Å²) in [4.78, 5) is 12.1. The first-order valence-electron chi connectivity index (χ1n) is 7.00. The van der Waals surface area contributed by atoms with E-state index in [9.17, 15) is 15.0 Å². The average Bonchev–Trinajstić information content (AvgIpc) is 2.43. The van der Waals surface area contributed by atoms with Gasteiger partial charge in [-0.25, -0.2) is 0 Å². The number of rotatable bonds is 7. The molecular formula is C15H24N2O4. The van der Waals surface area contributed by atoms with Crippen LogP contribution < -0.4 is 11.1 Å². The summed E-state index contributed by atoms with van der Waals surface area (Å²) in [7, 11) is 0. The van der Waals surface area contributed by atoms with Crippen LogP contribution in [0.2, 0.25) is 0 Å². The van der Waals surface area contributed by atoms with E-state index in [4.69, 9.17) is 10.8 Å². The number of benzene rings is 1. The minimum atomic E-state index is -0.765. The summed E-state index contributed by atoms with van der Waals surface area (Å²) >= 11 is 0. The molecule has 0 heterocycles. The summed E-state index contributed by atoms with van der Waals surface area (Å²) in [5, 5.41) is 30.6. The SMILES string of the molecule is CCC(C)(CCO)NC(=O)[C@@H](N)Cc1ccc(O)c(O)c1. The summed E-state index contributed by atoms with van der Waals surface area (Å²) in [5.74, 6) is -0.752. The number of carbonyl (C=O) groups excluding carboxylic acids is 1. The lowest BCUT2D eigenvalue weighted by Gasteiger charge is -2.30. The number of aliphatic hydroxyl groups is 1. The van der Waals surface area contributed by atoms with Crippen LogP contribution >= 0.6 is 0 Å². The van der Waals surface area contributed by atoms with Crippen LogP contribution in [0, 0.1) is 0 Å². The van der Waals surface area contributed by atoms with Crippen LogP contribution in [0.4, 0.5) is 0 Å². The number of carbonyl (C=O) groups is 1. The highest BCUT2D eigenvalue weighted by atomic mass is 16.3. The normalized spacial score (nSPS) is 15.2. The minimum absolute atomic E-state index is 0.00824. The van der Waals surface area contributed by atoms with Gasteiger partial charge in [0.25, 0.3) is 0 Å². The molecule has 1 aromatic carbocycles. The van der Waals surface area contributed by atoms with Crippen molar-refractivity contribution < 1.29 is 20.1 Å². The Kier molecular flexibility index (Phi) is 5.99. The second-order valence-corrected chi connectivity index (χ2v) is 5.51. The summed E-state index contributed by atoms with van der Waals surface area (Å²) in [6.07, 6.45) is 1.40. The van der Waals surface area contributed by atoms with E-state index >= 15 is 0 Å². The van der Waals surface area contributed by atoms with Gasteiger partial charge in [-0.2, -0.15) is 0 Å². The third-order valence-electron chi connectivity index (χ3n) is 3.70. The van der Waals surface area contributed by atoms with Gasteiger partial charge in [-0.15, -0.1) is 0 Å². The van der Waals surface area contributed by atoms with Crippen LogP contribution in [0.1, 0.15) is 32.3 Å². The number of aromatic hydroxyl groups is 2. The lowest BCUT2D eigenvalue weighted by Crippen LogP contribution is -2.52. The summed E-state index contributed by atoms with van der Waals surface area (Å²) in [6.45, 7) is 3.78. The van der Waals surface area contributed by atoms with Crippen molar-refractivity contribution in [2.75, 3.05) is 6.61 Å². The zero-order valence-electron chi connectivity index (χ0n) is 12.5. The number of hydrogen-bond acceptors (Lipinski definition) is 5. The molecule has 0 bridgehead atoms. The van der Waals surface area contributed by atoms with Gasteiger partial charge >= 0.3 is 0 Å². The molecule has 0 aliphatic carbocycles. The number of phenolic OH excluding ortho intramolecular Hbond substituents is 2. The van der Waals surface area contributed by atoms with Crippen LogP contribution in [0.5, 0.6) is 11.5 Å². The fourth-order valence-corrected chi connectivity index (χ4v) is 2.01. The second kappa shape index (κ2) is 7.28. The Labute approximate surface area is 124 Å². The lowest BCUT2D eigenvalue weighted by atomic mass is 9.94. The van der Waals surface area contributed by atoms with Crippen molar-refractivity contribution in [1.82, 2.24) is 5.32 Å². The molecule has 2 atom stereocenters. The number of phenols is 2. The van der Waals surface area contributed by atoms with Crippen LogP contribution in [-0.4, -0.2) is 39.4 Å². The van der Waals surface area contributed by atoms with Crippen LogP contribution in [0.25, 0.3) is 0 Å². The Hall–Kier alpha value is -1.79. The summed E-state index contributed by atoms with van der Waals surface area (Å²) in [6, 6.07) is 3.58. The number of nitrogens with one attached hydrogen (secondary N) is 1. The largest absolute Gasteiger partial charge is 0.504 e. The van der Waals surface area contributed by atoms with E-state index in [1.54, 1.807) is 6.07 Å². The number of nitrogens with two attached hydrogens (primary N) is 1. The van der Waals surface area contributed by atoms with Crippen LogP contribution in [0.15, 0.2) is 18.2 Å². The minimum Gasteiger partial charge on any atom is -0.504 e. The van der Waals surface area contributed by atoms with Crippen LogP contribution in [-0.2, 0) is 11.2 Å². The smallest absolute Gasteiger partial charge is 0.237 e. The molecule has 0 saturated heterocycles. The Morgan fingerprint density at radius 3 is 2.57 bits per heavy atom. The molecule has 0 saturated carbocycles. The summed E-state index contributed by atoms with van der Waals surface area (Å²) < 4.78 is 0. The van der Waals surface area contributed by atoms with Crippen molar-refractivity contribution in [1.29, 1.82) is 0 Å². The van der Waals surface area contributed by atoms with E-state index in [1.807, 2.05) is 13.8 Å². The molecule has 0 fully saturated rings. The number of hydrogen-bond donors (Lipinski definition) is 5. The van der Waals surface area contributed by atoms with E-state index < -0.39 is 11.6 Å². The highest BCUT2D eigenvalue weighted by molar-refractivity contribution is 5.82. The van der Waals surface area contributed by atoms with Gasteiger partial charge in [0.1, 0.15) is 0 Å². The topological polar surface area (TPSA) is 116 Å². The van der Waals surface area contributed by atoms with Crippen molar-refractivity contribution in [3.63, 3.8) is 0 Å². The molecule has 1 aromatic rings. The maximum atomic E-state index is 12.1. The maximum absolute atomic E-state index is 12.1. The number of aliphatic hydroxyl groups excluding tert-OH is 1. The van der Waals surface area contributed by atoms with Crippen molar-refractivity contribution in [3.8, 4) is 11.5 Å². The van der Waals surface area contributed by atoms with Crippen LogP contribution in [0.3, 0.4) is 0 Å². The van der Waals surface area contributed by atoms with Gasteiger partial charge in [0.05, 0.1) is 6.04 Å². The molecule has 1 rings (SSSR count). The van der Waals surface area contributed by atoms with E-state index in [0.717, 1.165) is 0 Å². The van der Waals surface area contributed by atoms with Crippen molar-refractivity contribution in [3.05, 3.63) is 23.8 Å². The monoisotopic (exact) mass is 296 g/mol. The van der Waals surface area contributed by atoms with Crippen molar-refractivity contribution in [2.45, 2.75) is 44.7 Å². The highest BCUT2D eigenvalue weighted by Gasteiger charge is 2.26. The fraction of sp³-hybridized carbons (Fsp3) is 0.533. The fourth-order valence-electron chi connectivity index (χ4n) is 2.01. The molecular weight excluding hydrogens is 272 g/mol. The Morgan fingerprint density at radius 1 is 1.38 bits per heavy atom. The highest BCUT2D eigenvalue weighted by Crippen LogP contribution is 2.25. The van der Waals surface area contributed by atoms with Gasteiger partial charge in [-0.05, 0) is 43.9 Å². The maximum Gasteiger partial charge on any atom is 0.237 e. The Morgan fingerprint density at radius 2 is 2.05 bits per heavy atom. The van der Waals surface area contributed by atoms with Crippen molar-refractivity contribution >= 4 is 5.91 Å². The molecule has 0 radical (unpaired) electrons. The molecule has 0 spiro atoms. The second-order valence-electron chi connectivity index (χ2n) is 5.51. The average molecular weight is 296 g/mol. The number of amides is 1. The predicted molar refractivity (Wildman–Crippen MR) is 80.0 cm³/mol. The molecule has 1 unspecified atom stereocenters. The van der Waals surface area contributed by atoms with E-state index in [0.29, 0.717) is 18.4 Å². The van der Waals surface area contributed by atoms with E-state index in [-0.39, 0.29) is 30.4 Å². The van der Waals surface area contributed by atoms with Crippen molar-refractivity contribution in [2.24, 2.45) is 5.73 Å². The van der Waals surface area contributed by atoms with Gasteiger partial charge in [0.2, 0.25) is 5.91 Å². The first-order chi connectivity index (χ1) is 9.81. The predicted octanol–water partition coefficient (Wildman–Crippen LogP) is 0.635. The lowest BCUT2D eigenvalue weighted by molar-refractivity contribution is -0.124. The quantitative estimate of drug-likeness (QED) is 0.473. The van der Waals surface area contributed by atoms with Gasteiger partial charge in [0, 0.05) is 12.1 Å². The summed E-state index contributed by atoms with van der Waals surface area (Å²) in [5.41, 5.74) is 6.05. The third kappa shape index (κ3) is 4.91. The first kappa shape index (κ1) is 17.3. The van der Waals surface area contributed by atoms with Gasteiger partial charge < -0.3 is 26.4 Å². The molecule has 0 aliphatic rings. The molecule has 6 N–H and O–H groups in total. The van der Waals surface area contributed by atoms with Gasteiger partial charge in [0.15, 0.2) is 11.5 Å². The standard InChI is InChI=1S/C15H24N2O4/c1-3-15(2,6-7-18)17-14(21)11(16)8-10-4-5-12(19)13(20)9-10/h4-5,9,11,18-20H,3,6-8,16H2,1-2H3,(H,17,21)/t11-,15?/m0/s1. The Balaban J connectivity index is 2.67. The Bertz CT molecular complexity index is 493. The van der Waals surface area contributed by atoms with Gasteiger partial charge in [-0.1, -0.05) is 13.0 Å². The molecule has 6 heteroatoms. The third-order valence-corrected chi connectivity index (χ3v) is 3.70. The van der Waals surface area contributed by atoms with E-state index in [2.05, 4.69) is 5.32 Å². The molecule has 0 aliphatic heterocycles.